The Kier molecular flexibility index (Phi) is 5.21. The van der Waals surface area contributed by atoms with Crippen LogP contribution in [0.15, 0.2) is 48.9 Å². The maximum absolute atomic E-state index is 4.31. The third-order valence-electron chi connectivity index (χ3n) is 2.29. The van der Waals surface area contributed by atoms with Crippen LogP contribution in [-0.2, 0) is 0 Å². The fourth-order valence-corrected chi connectivity index (χ4v) is 1.65. The summed E-state index contributed by atoms with van der Waals surface area (Å²) >= 11 is 0. The van der Waals surface area contributed by atoms with Crippen LogP contribution in [0.5, 0.6) is 0 Å². The third-order valence-corrected chi connectivity index (χ3v) is 2.29. The van der Waals surface area contributed by atoms with Gasteiger partial charge in [-0.15, -0.1) is 0 Å². The molecule has 0 saturated carbocycles. The van der Waals surface area contributed by atoms with Crippen molar-refractivity contribution in [2.45, 2.75) is 27.7 Å². The highest BCUT2D eigenvalue weighted by Gasteiger charge is 1.98. The second kappa shape index (κ2) is 6.69. The summed E-state index contributed by atoms with van der Waals surface area (Å²) < 4.78 is 2.03. The van der Waals surface area contributed by atoms with Crippen LogP contribution in [0.4, 0.5) is 0 Å². The largest absolute Gasteiger partial charge is 0.307 e. The van der Waals surface area contributed by atoms with E-state index in [1.165, 1.54) is 10.8 Å². The number of hydrogen-bond acceptors (Lipinski definition) is 1. The van der Waals surface area contributed by atoms with Crippen molar-refractivity contribution in [3.63, 3.8) is 0 Å². The number of aromatic nitrogens is 2. The molecule has 0 spiro atoms. The lowest BCUT2D eigenvalue weighted by Crippen LogP contribution is -1.83. The van der Waals surface area contributed by atoms with Gasteiger partial charge in [-0.2, -0.15) is 0 Å². The first-order valence-electron chi connectivity index (χ1n) is 6.25. The minimum atomic E-state index is 1.03. The molecule has 1 aromatic carbocycles. The number of benzene rings is 1. The summed E-state index contributed by atoms with van der Waals surface area (Å²) in [6, 6.07) is 10.4. The number of hydrogen-bond donors (Lipinski definition) is 0. The quantitative estimate of drug-likeness (QED) is 0.552. The minimum absolute atomic E-state index is 1.03. The number of pyridine rings is 1. The molecule has 2 nitrogen and oxygen atoms in total. The number of nitrogens with zero attached hydrogens (tertiary/aromatic N) is 2. The van der Waals surface area contributed by atoms with Gasteiger partial charge in [0.15, 0.2) is 0 Å². The van der Waals surface area contributed by atoms with E-state index in [0.29, 0.717) is 0 Å². The van der Waals surface area contributed by atoms with Crippen molar-refractivity contribution >= 4 is 16.4 Å². The number of imidazole rings is 1. The van der Waals surface area contributed by atoms with Gasteiger partial charge in [-0.25, -0.2) is 4.98 Å². The first kappa shape index (κ1) is 13.2. The third kappa shape index (κ3) is 2.64. The molecule has 0 fully saturated rings. The molecule has 0 radical (unpaired) electrons. The zero-order valence-electron chi connectivity index (χ0n) is 11.0. The molecule has 3 rings (SSSR count). The van der Waals surface area contributed by atoms with Crippen LogP contribution in [0.25, 0.3) is 16.4 Å². The number of rotatable bonds is 0. The van der Waals surface area contributed by atoms with E-state index in [0.717, 1.165) is 5.65 Å². The zero-order chi connectivity index (χ0) is 12.7. The Bertz CT molecular complexity index is 567. The summed E-state index contributed by atoms with van der Waals surface area (Å²) in [4.78, 5) is 4.31. The van der Waals surface area contributed by atoms with Crippen LogP contribution in [0, 0.1) is 0 Å². The lowest BCUT2D eigenvalue weighted by molar-refractivity contribution is 1.20. The van der Waals surface area contributed by atoms with E-state index in [1.54, 1.807) is 0 Å². The van der Waals surface area contributed by atoms with Gasteiger partial charge in [-0.05, 0) is 11.5 Å². The molecule has 2 heterocycles. The molecule has 3 aromatic rings. The summed E-state index contributed by atoms with van der Waals surface area (Å²) in [6.45, 7) is 8.00. The Morgan fingerprint density at radius 2 is 1.59 bits per heavy atom. The van der Waals surface area contributed by atoms with Gasteiger partial charge in [0.05, 0.1) is 0 Å². The molecule has 0 saturated heterocycles. The van der Waals surface area contributed by atoms with E-state index in [-0.39, 0.29) is 0 Å². The summed E-state index contributed by atoms with van der Waals surface area (Å²) in [5.41, 5.74) is 1.03. The molecule has 0 aliphatic carbocycles. The van der Waals surface area contributed by atoms with Crippen LogP contribution >= 0.6 is 0 Å². The van der Waals surface area contributed by atoms with E-state index >= 15 is 0 Å². The highest BCUT2D eigenvalue weighted by atomic mass is 15.0. The first-order chi connectivity index (χ1) is 8.45. The average molecular weight is 228 g/mol. The van der Waals surface area contributed by atoms with Gasteiger partial charge in [0, 0.05) is 24.0 Å². The molecule has 0 N–H and O–H groups in total. The van der Waals surface area contributed by atoms with Crippen LogP contribution in [0.3, 0.4) is 0 Å². The molecule has 0 atom stereocenters. The van der Waals surface area contributed by atoms with Crippen molar-refractivity contribution in [1.29, 1.82) is 0 Å². The maximum atomic E-state index is 4.31. The second-order valence-corrected chi connectivity index (χ2v) is 3.06. The number of fused-ring (bicyclic) bond motifs is 3. The lowest BCUT2D eigenvalue weighted by Gasteiger charge is -1.98. The Morgan fingerprint density at radius 3 is 2.35 bits per heavy atom. The molecule has 17 heavy (non-hydrogen) atoms. The minimum Gasteiger partial charge on any atom is -0.307 e. The van der Waals surface area contributed by atoms with Crippen LogP contribution in [-0.4, -0.2) is 9.38 Å². The lowest BCUT2D eigenvalue weighted by atomic mass is 10.2. The standard InChI is InChI=1S/C11H8N2.2C2H6/c1-2-4-10-9(3-1)5-7-13-8-6-12-11(10)13;2*1-2/h1-8H;2*1-2H3. The van der Waals surface area contributed by atoms with Gasteiger partial charge in [0.1, 0.15) is 5.65 Å². The topological polar surface area (TPSA) is 17.3 Å². The predicted octanol–water partition coefficient (Wildman–Crippen LogP) is 4.54. The molecule has 2 aromatic heterocycles. The van der Waals surface area contributed by atoms with Crippen molar-refractivity contribution in [2.75, 3.05) is 0 Å². The molecule has 2 heteroatoms. The highest BCUT2D eigenvalue weighted by Crippen LogP contribution is 2.17. The fraction of sp³-hybridized carbons (Fsp3) is 0.267. The fourth-order valence-electron chi connectivity index (χ4n) is 1.65. The molecular weight excluding hydrogens is 208 g/mol. The molecule has 0 amide bonds. The van der Waals surface area contributed by atoms with Crippen LogP contribution in [0.1, 0.15) is 27.7 Å². The maximum Gasteiger partial charge on any atom is 0.144 e. The van der Waals surface area contributed by atoms with Gasteiger partial charge >= 0.3 is 0 Å². The van der Waals surface area contributed by atoms with Crippen LogP contribution < -0.4 is 0 Å². The Labute approximate surface area is 103 Å². The van der Waals surface area contributed by atoms with Crippen molar-refractivity contribution in [3.05, 3.63) is 48.9 Å². The molecule has 0 unspecified atom stereocenters. The molecule has 0 aliphatic heterocycles. The summed E-state index contributed by atoms with van der Waals surface area (Å²) in [5, 5.41) is 2.44. The zero-order valence-corrected chi connectivity index (χ0v) is 11.0. The molecule has 0 aliphatic rings. The van der Waals surface area contributed by atoms with Gasteiger partial charge in [-0.1, -0.05) is 52.0 Å². The molecular formula is C15H20N2. The summed E-state index contributed by atoms with van der Waals surface area (Å²) in [6.07, 6.45) is 5.81. The summed E-state index contributed by atoms with van der Waals surface area (Å²) in [5.74, 6) is 0. The van der Waals surface area contributed by atoms with Gasteiger partial charge < -0.3 is 4.40 Å². The Morgan fingerprint density at radius 1 is 0.882 bits per heavy atom. The average Bonchev–Trinajstić information content (AvgIpc) is 2.92. The van der Waals surface area contributed by atoms with E-state index in [1.807, 2.05) is 62.8 Å². The smallest absolute Gasteiger partial charge is 0.144 e. The second-order valence-electron chi connectivity index (χ2n) is 3.06. The van der Waals surface area contributed by atoms with Gasteiger partial charge in [0.2, 0.25) is 0 Å². The van der Waals surface area contributed by atoms with Crippen molar-refractivity contribution in [3.8, 4) is 0 Å². The monoisotopic (exact) mass is 228 g/mol. The highest BCUT2D eigenvalue weighted by molar-refractivity contribution is 5.93. The normalized spacial score (nSPS) is 9.18. The summed E-state index contributed by atoms with van der Waals surface area (Å²) in [7, 11) is 0. The van der Waals surface area contributed by atoms with Crippen LogP contribution in [0.2, 0.25) is 0 Å². The van der Waals surface area contributed by atoms with Crippen molar-refractivity contribution in [2.24, 2.45) is 0 Å². The predicted molar refractivity (Wildman–Crippen MR) is 75.4 cm³/mol. The Balaban J connectivity index is 0.000000330. The molecule has 0 bridgehead atoms. The van der Waals surface area contributed by atoms with Gasteiger partial charge in [-0.3, -0.25) is 0 Å². The van der Waals surface area contributed by atoms with Crippen molar-refractivity contribution < 1.29 is 0 Å². The van der Waals surface area contributed by atoms with Crippen molar-refractivity contribution in [1.82, 2.24) is 9.38 Å². The Hall–Kier alpha value is -1.83. The van der Waals surface area contributed by atoms with E-state index in [4.69, 9.17) is 0 Å². The van der Waals surface area contributed by atoms with E-state index in [9.17, 15) is 0 Å². The first-order valence-corrected chi connectivity index (χ1v) is 6.25. The van der Waals surface area contributed by atoms with Gasteiger partial charge in [0.25, 0.3) is 0 Å². The van der Waals surface area contributed by atoms with E-state index < -0.39 is 0 Å². The SMILES string of the molecule is CC.CC.c1ccc2c(c1)ccn1ccnc21. The molecule has 90 valence electrons. The van der Waals surface area contributed by atoms with E-state index in [2.05, 4.69) is 23.2 Å².